The Morgan fingerprint density at radius 2 is 1.91 bits per heavy atom. The summed E-state index contributed by atoms with van der Waals surface area (Å²) < 4.78 is 27.8. The Hall–Kier alpha value is -3.43. The number of benzene rings is 2. The number of aryl methyl sites for hydroxylation is 1. The number of aromatic nitrogens is 3. The zero-order valence-electron chi connectivity index (χ0n) is 16.9. The number of fused-ring (bicyclic) bond motifs is 3. The molecular weight excluding hydrogens is 446 g/mol. The van der Waals surface area contributed by atoms with Gasteiger partial charge in [-0.3, -0.25) is 9.48 Å². The number of phenolic OH excluding ortho intramolecular Hbond substituents is 1. The van der Waals surface area contributed by atoms with E-state index in [0.717, 1.165) is 10.8 Å². The minimum Gasteiger partial charge on any atom is -0.507 e. The van der Waals surface area contributed by atoms with Crippen LogP contribution in [0.25, 0.3) is 32.1 Å². The first-order chi connectivity index (χ1) is 15.4. The molecule has 0 unspecified atom stereocenters. The fourth-order valence-corrected chi connectivity index (χ4v) is 6.02. The van der Waals surface area contributed by atoms with Gasteiger partial charge in [0.15, 0.2) is 9.84 Å². The maximum atomic E-state index is 12.7. The Balaban J connectivity index is 1.51. The summed E-state index contributed by atoms with van der Waals surface area (Å²) in [4.78, 5) is 15.4. The predicted molar refractivity (Wildman–Crippen MR) is 126 cm³/mol. The summed E-state index contributed by atoms with van der Waals surface area (Å²) in [7, 11) is -3.45. The Labute approximate surface area is 187 Å². The molecule has 0 atom stereocenters. The molecule has 162 valence electrons. The van der Waals surface area contributed by atoms with Gasteiger partial charge >= 0.3 is 0 Å². The van der Waals surface area contributed by atoms with Crippen LogP contribution in [0, 0.1) is 0 Å². The van der Waals surface area contributed by atoms with Crippen LogP contribution in [0.1, 0.15) is 6.42 Å². The van der Waals surface area contributed by atoms with Gasteiger partial charge < -0.3 is 10.1 Å². The van der Waals surface area contributed by atoms with Gasteiger partial charge in [0, 0.05) is 40.8 Å². The highest BCUT2D eigenvalue weighted by atomic mass is 32.2. The largest absolute Gasteiger partial charge is 0.507 e. The first-order valence-electron chi connectivity index (χ1n) is 10.00. The summed E-state index contributed by atoms with van der Waals surface area (Å²) in [5.74, 6) is 0.0783. The third-order valence-corrected chi connectivity index (χ3v) is 8.16. The Morgan fingerprint density at radius 1 is 1.09 bits per heavy atom. The molecule has 2 aromatic carbocycles. The molecule has 0 fully saturated rings. The molecule has 0 radical (unpaired) electrons. The first-order valence-corrected chi connectivity index (χ1v) is 12.5. The highest BCUT2D eigenvalue weighted by molar-refractivity contribution is 7.91. The molecule has 0 bridgehead atoms. The summed E-state index contributed by atoms with van der Waals surface area (Å²) in [5, 5.41) is 18.1. The summed E-state index contributed by atoms with van der Waals surface area (Å²) >= 11 is 1.34. The summed E-state index contributed by atoms with van der Waals surface area (Å²) in [6, 6.07) is 13.4. The molecule has 2 N–H and O–H groups in total. The van der Waals surface area contributed by atoms with Gasteiger partial charge in [-0.15, -0.1) is 11.3 Å². The molecule has 5 rings (SSSR count). The number of rotatable bonds is 6. The Kier molecular flexibility index (Phi) is 5.07. The third-order valence-electron chi connectivity index (χ3n) is 5.43. The first kappa shape index (κ1) is 20.5. The van der Waals surface area contributed by atoms with Crippen molar-refractivity contribution in [3.63, 3.8) is 0 Å². The van der Waals surface area contributed by atoms with E-state index in [0.29, 0.717) is 34.3 Å². The smallest absolute Gasteiger partial charge is 0.266 e. The fourth-order valence-electron chi connectivity index (χ4n) is 3.92. The van der Waals surface area contributed by atoms with Crippen LogP contribution in [0.5, 0.6) is 5.75 Å². The number of H-pyrrole nitrogens is 1. The fraction of sp³-hybridized carbons (Fsp3) is 0.130. The molecular formula is C23H19N3O4S2. The second kappa shape index (κ2) is 7.92. The van der Waals surface area contributed by atoms with Crippen LogP contribution in [0.3, 0.4) is 0 Å². The summed E-state index contributed by atoms with van der Waals surface area (Å²) in [6.07, 6.45) is 3.92. The van der Waals surface area contributed by atoms with E-state index in [2.05, 4.69) is 10.1 Å². The normalized spacial score (nSPS) is 12.0. The van der Waals surface area contributed by atoms with Crippen LogP contribution in [-0.4, -0.2) is 34.0 Å². The number of nitrogens with one attached hydrogen (secondary N) is 1. The number of hydrogen-bond donors (Lipinski definition) is 2. The number of sulfone groups is 1. The molecule has 5 aromatic rings. The molecule has 32 heavy (non-hydrogen) atoms. The second-order valence-corrected chi connectivity index (χ2v) is 10.5. The van der Waals surface area contributed by atoms with E-state index in [-0.39, 0.29) is 22.0 Å². The highest BCUT2D eigenvalue weighted by Crippen LogP contribution is 2.39. The van der Waals surface area contributed by atoms with Gasteiger partial charge in [-0.2, -0.15) is 5.10 Å². The lowest BCUT2D eigenvalue weighted by molar-refractivity contribution is 0.478. The number of thiophene rings is 1. The average molecular weight is 466 g/mol. The zero-order chi connectivity index (χ0) is 22.3. The number of pyridine rings is 1. The number of hydrogen-bond acceptors (Lipinski definition) is 6. The minimum absolute atomic E-state index is 0.0164. The van der Waals surface area contributed by atoms with Gasteiger partial charge in [-0.05, 0) is 53.8 Å². The van der Waals surface area contributed by atoms with Crippen LogP contribution in [0.15, 0.2) is 76.0 Å². The van der Waals surface area contributed by atoms with Gasteiger partial charge in [0.05, 0.1) is 10.6 Å². The van der Waals surface area contributed by atoms with Crippen LogP contribution in [-0.2, 0) is 16.4 Å². The monoisotopic (exact) mass is 465 g/mol. The lowest BCUT2D eigenvalue weighted by atomic mass is 9.97. The lowest BCUT2D eigenvalue weighted by Crippen LogP contribution is -2.10. The molecule has 7 nitrogen and oxygen atoms in total. The quantitative estimate of drug-likeness (QED) is 0.391. The van der Waals surface area contributed by atoms with E-state index >= 15 is 0 Å². The number of nitrogens with zero attached hydrogens (tertiary/aromatic N) is 2. The van der Waals surface area contributed by atoms with Crippen molar-refractivity contribution >= 4 is 42.2 Å². The van der Waals surface area contributed by atoms with Crippen molar-refractivity contribution in [2.45, 2.75) is 17.9 Å². The standard InChI is InChI=1S/C23H19N3O4S2/c27-19-8-7-18-21(17-9-13-31-22(17)23(28)25-18)20(19)15-3-5-16(6-4-15)32(29,30)14-2-12-26-11-1-10-24-26/h1,3-11,13,27H,2,12,14H2,(H,25,28). The van der Waals surface area contributed by atoms with Crippen molar-refractivity contribution in [1.82, 2.24) is 14.8 Å². The summed E-state index contributed by atoms with van der Waals surface area (Å²) in [6.45, 7) is 0.531. The van der Waals surface area contributed by atoms with E-state index in [9.17, 15) is 18.3 Å². The molecule has 0 saturated heterocycles. The predicted octanol–water partition coefficient (Wildman–Crippen LogP) is 4.18. The van der Waals surface area contributed by atoms with E-state index in [1.165, 1.54) is 17.4 Å². The average Bonchev–Trinajstić information content (AvgIpc) is 3.47. The van der Waals surface area contributed by atoms with Crippen molar-refractivity contribution < 1.29 is 13.5 Å². The van der Waals surface area contributed by atoms with E-state index in [4.69, 9.17) is 0 Å². The molecule has 0 spiro atoms. The van der Waals surface area contributed by atoms with Gasteiger partial charge in [-0.1, -0.05) is 12.1 Å². The van der Waals surface area contributed by atoms with Gasteiger partial charge in [0.2, 0.25) is 0 Å². The van der Waals surface area contributed by atoms with Crippen molar-refractivity contribution in [3.8, 4) is 16.9 Å². The summed E-state index contributed by atoms with van der Waals surface area (Å²) in [5.41, 5.74) is 1.67. The van der Waals surface area contributed by atoms with E-state index in [1.54, 1.807) is 53.5 Å². The number of aromatic hydroxyl groups is 1. The van der Waals surface area contributed by atoms with E-state index < -0.39 is 9.84 Å². The van der Waals surface area contributed by atoms with E-state index in [1.807, 2.05) is 11.4 Å². The van der Waals surface area contributed by atoms with Crippen LogP contribution in [0.4, 0.5) is 0 Å². The number of phenols is 1. The van der Waals surface area contributed by atoms with Crippen molar-refractivity contribution in [2.75, 3.05) is 5.75 Å². The van der Waals surface area contributed by atoms with Crippen LogP contribution >= 0.6 is 11.3 Å². The van der Waals surface area contributed by atoms with Crippen LogP contribution < -0.4 is 5.56 Å². The topological polar surface area (TPSA) is 105 Å². The molecule has 3 aromatic heterocycles. The molecule has 3 heterocycles. The molecule has 0 amide bonds. The highest BCUT2D eigenvalue weighted by Gasteiger charge is 2.18. The third kappa shape index (κ3) is 3.59. The van der Waals surface area contributed by atoms with Crippen molar-refractivity contribution in [2.24, 2.45) is 0 Å². The van der Waals surface area contributed by atoms with Crippen molar-refractivity contribution in [1.29, 1.82) is 0 Å². The SMILES string of the molecule is O=c1[nH]c2ccc(O)c(-c3ccc(S(=O)(=O)CCCn4cccn4)cc3)c2c2ccsc12. The molecule has 0 aliphatic heterocycles. The second-order valence-electron chi connectivity index (χ2n) is 7.47. The van der Waals surface area contributed by atoms with Crippen molar-refractivity contribution in [3.05, 3.63) is 76.7 Å². The Bertz CT molecular complexity index is 1580. The van der Waals surface area contributed by atoms with Gasteiger partial charge in [-0.25, -0.2) is 8.42 Å². The van der Waals surface area contributed by atoms with Gasteiger partial charge in [0.25, 0.3) is 5.56 Å². The molecule has 0 aliphatic rings. The Morgan fingerprint density at radius 3 is 2.66 bits per heavy atom. The van der Waals surface area contributed by atoms with Crippen LogP contribution in [0.2, 0.25) is 0 Å². The molecule has 9 heteroatoms. The maximum Gasteiger partial charge on any atom is 0.266 e. The zero-order valence-corrected chi connectivity index (χ0v) is 18.5. The molecule has 0 saturated carbocycles. The lowest BCUT2D eigenvalue weighted by Gasteiger charge is -2.12. The van der Waals surface area contributed by atoms with Gasteiger partial charge in [0.1, 0.15) is 10.4 Å². The maximum absolute atomic E-state index is 12.7. The minimum atomic E-state index is -3.45. The molecule has 0 aliphatic carbocycles. The number of aromatic amines is 1.